The molecule has 0 aliphatic rings. The Morgan fingerprint density at radius 3 is 2.50 bits per heavy atom. The number of benzene rings is 2. The van der Waals surface area contributed by atoms with Gasteiger partial charge in [-0.1, -0.05) is 30.3 Å². The molecule has 1 heterocycles. The number of carbonyl (C=O) groups is 1. The Balaban J connectivity index is 1.78. The van der Waals surface area contributed by atoms with Gasteiger partial charge in [0, 0.05) is 22.7 Å². The predicted molar refractivity (Wildman–Crippen MR) is 95.2 cm³/mol. The number of non-ortho nitro benzene ring substituents is 1. The van der Waals surface area contributed by atoms with Gasteiger partial charge in [-0.2, -0.15) is 0 Å². The van der Waals surface area contributed by atoms with Crippen molar-refractivity contribution in [3.05, 3.63) is 81.0 Å². The van der Waals surface area contributed by atoms with Gasteiger partial charge in [-0.25, -0.2) is 0 Å². The van der Waals surface area contributed by atoms with Gasteiger partial charge in [0.1, 0.15) is 0 Å². The summed E-state index contributed by atoms with van der Waals surface area (Å²) in [6.45, 7) is 0. The van der Waals surface area contributed by atoms with Crippen molar-refractivity contribution < 1.29 is 9.72 Å². The molecule has 3 aromatic rings. The summed E-state index contributed by atoms with van der Waals surface area (Å²) in [5.74, 6) is -0.0892. The summed E-state index contributed by atoms with van der Waals surface area (Å²) in [7, 11) is 0. The van der Waals surface area contributed by atoms with Gasteiger partial charge in [-0.15, -0.1) is 11.3 Å². The highest BCUT2D eigenvalue weighted by Crippen LogP contribution is 2.26. The minimum absolute atomic E-state index is 0.0413. The lowest BCUT2D eigenvalue weighted by Crippen LogP contribution is -2.13. The van der Waals surface area contributed by atoms with Crippen LogP contribution in [0.1, 0.15) is 4.88 Å². The Hall–Kier alpha value is -2.99. The first-order chi connectivity index (χ1) is 11.6. The maximum atomic E-state index is 12.1. The van der Waals surface area contributed by atoms with Crippen LogP contribution in [0.2, 0.25) is 0 Å². The van der Waals surface area contributed by atoms with Crippen LogP contribution in [0, 0.1) is 10.1 Å². The molecular weight excluding hydrogens is 324 g/mol. The zero-order valence-electron chi connectivity index (χ0n) is 12.6. The van der Waals surface area contributed by atoms with Crippen molar-refractivity contribution in [1.29, 1.82) is 0 Å². The fraction of sp³-hybridized carbons (Fsp3) is 0.0556. The molecule has 3 rings (SSSR count). The molecule has 1 aromatic heterocycles. The molecule has 0 radical (unpaired) electrons. The summed E-state index contributed by atoms with van der Waals surface area (Å²) < 4.78 is 0. The summed E-state index contributed by atoms with van der Waals surface area (Å²) in [6, 6.07) is 17.5. The summed E-state index contributed by atoms with van der Waals surface area (Å²) in [5.41, 5.74) is 2.26. The first-order valence-electron chi connectivity index (χ1n) is 7.29. The van der Waals surface area contributed by atoms with E-state index in [0.29, 0.717) is 12.1 Å². The first-order valence-corrected chi connectivity index (χ1v) is 8.17. The van der Waals surface area contributed by atoms with Crippen LogP contribution in [0.4, 0.5) is 11.4 Å². The molecule has 0 bridgehead atoms. The third kappa shape index (κ3) is 3.85. The maximum Gasteiger partial charge on any atom is 0.270 e. The van der Waals surface area contributed by atoms with E-state index in [9.17, 15) is 14.9 Å². The second kappa shape index (κ2) is 7.06. The van der Waals surface area contributed by atoms with Crippen molar-refractivity contribution >= 4 is 28.6 Å². The van der Waals surface area contributed by atoms with Crippen LogP contribution in [0.25, 0.3) is 11.1 Å². The smallest absolute Gasteiger partial charge is 0.270 e. The Morgan fingerprint density at radius 1 is 1.04 bits per heavy atom. The van der Waals surface area contributed by atoms with Crippen LogP contribution in [-0.2, 0) is 11.2 Å². The van der Waals surface area contributed by atoms with E-state index in [4.69, 9.17) is 0 Å². The number of thiophene rings is 1. The van der Waals surface area contributed by atoms with Gasteiger partial charge in [0.25, 0.3) is 5.69 Å². The van der Waals surface area contributed by atoms with E-state index >= 15 is 0 Å². The zero-order chi connectivity index (χ0) is 16.9. The lowest BCUT2D eigenvalue weighted by molar-refractivity contribution is -0.384. The highest BCUT2D eigenvalue weighted by atomic mass is 32.1. The molecule has 24 heavy (non-hydrogen) atoms. The van der Waals surface area contributed by atoms with Gasteiger partial charge in [0.05, 0.1) is 11.3 Å². The summed E-state index contributed by atoms with van der Waals surface area (Å²) in [4.78, 5) is 23.6. The van der Waals surface area contributed by atoms with Crippen molar-refractivity contribution in [2.45, 2.75) is 6.42 Å². The molecule has 1 N–H and O–H groups in total. The van der Waals surface area contributed by atoms with Crippen LogP contribution < -0.4 is 5.32 Å². The van der Waals surface area contributed by atoms with Crippen LogP contribution in [0.5, 0.6) is 0 Å². The Morgan fingerprint density at radius 2 is 1.79 bits per heavy atom. The zero-order valence-corrected chi connectivity index (χ0v) is 13.5. The molecule has 0 saturated heterocycles. The van der Waals surface area contributed by atoms with Crippen LogP contribution in [0.15, 0.2) is 66.0 Å². The van der Waals surface area contributed by atoms with E-state index in [1.54, 1.807) is 29.5 Å². The average molecular weight is 338 g/mol. The normalized spacial score (nSPS) is 10.3. The summed E-state index contributed by atoms with van der Waals surface area (Å²) in [6.07, 6.45) is 0.332. The molecule has 0 saturated carbocycles. The molecule has 0 atom stereocenters. The van der Waals surface area contributed by atoms with Gasteiger partial charge in [0.2, 0.25) is 5.91 Å². The van der Waals surface area contributed by atoms with E-state index in [-0.39, 0.29) is 11.6 Å². The lowest BCUT2D eigenvalue weighted by Gasteiger charge is -2.07. The van der Waals surface area contributed by atoms with E-state index < -0.39 is 4.92 Å². The number of nitro benzene ring substituents is 1. The van der Waals surface area contributed by atoms with Gasteiger partial charge in [-0.3, -0.25) is 14.9 Å². The highest BCUT2D eigenvalue weighted by molar-refractivity contribution is 7.10. The fourth-order valence-electron chi connectivity index (χ4n) is 2.35. The number of nitrogens with one attached hydrogen (secondary N) is 1. The van der Waals surface area contributed by atoms with Crippen molar-refractivity contribution in [3.8, 4) is 11.1 Å². The maximum absolute atomic E-state index is 12.1. The van der Waals surface area contributed by atoms with Crippen LogP contribution in [-0.4, -0.2) is 10.8 Å². The van der Waals surface area contributed by atoms with E-state index in [2.05, 4.69) is 5.32 Å². The van der Waals surface area contributed by atoms with Crippen molar-refractivity contribution in [2.75, 3.05) is 5.32 Å². The quantitative estimate of drug-likeness (QED) is 0.550. The largest absolute Gasteiger partial charge is 0.326 e. The second-order valence-corrected chi connectivity index (χ2v) is 6.22. The monoisotopic (exact) mass is 338 g/mol. The second-order valence-electron chi connectivity index (χ2n) is 5.19. The molecule has 0 aliphatic heterocycles. The van der Waals surface area contributed by atoms with E-state index in [1.807, 2.05) is 35.7 Å². The summed E-state index contributed by atoms with van der Waals surface area (Å²) in [5, 5.41) is 15.7. The van der Waals surface area contributed by atoms with Crippen molar-refractivity contribution in [1.82, 2.24) is 0 Å². The molecule has 5 nitrogen and oxygen atoms in total. The molecule has 6 heteroatoms. The number of nitrogens with zero attached hydrogens (tertiary/aromatic N) is 1. The lowest BCUT2D eigenvalue weighted by atomic mass is 10.0. The van der Waals surface area contributed by atoms with Crippen molar-refractivity contribution in [3.63, 3.8) is 0 Å². The number of carbonyl (C=O) groups excluding carboxylic acids is 1. The average Bonchev–Trinajstić information content (AvgIpc) is 3.08. The number of anilines is 1. The topological polar surface area (TPSA) is 72.2 Å². The molecule has 0 spiro atoms. The molecule has 0 fully saturated rings. The number of amides is 1. The number of hydrogen-bond donors (Lipinski definition) is 1. The molecule has 0 unspecified atom stereocenters. The molecule has 1 amide bonds. The van der Waals surface area contributed by atoms with Crippen LogP contribution >= 0.6 is 11.3 Å². The van der Waals surface area contributed by atoms with Gasteiger partial charge < -0.3 is 5.32 Å². The Bertz CT molecular complexity index is 875. The van der Waals surface area contributed by atoms with Crippen molar-refractivity contribution in [2.24, 2.45) is 0 Å². The molecular formula is C18H14N2O3S. The number of rotatable bonds is 5. The summed E-state index contributed by atoms with van der Waals surface area (Å²) >= 11 is 1.54. The minimum atomic E-state index is -0.420. The Kier molecular flexibility index (Phi) is 4.67. The fourth-order valence-corrected chi connectivity index (χ4v) is 3.06. The third-order valence-electron chi connectivity index (χ3n) is 3.45. The predicted octanol–water partition coefficient (Wildman–Crippen LogP) is 4.50. The van der Waals surface area contributed by atoms with Gasteiger partial charge >= 0.3 is 0 Å². The van der Waals surface area contributed by atoms with E-state index in [1.165, 1.54) is 12.1 Å². The standard InChI is InChI=1S/C18H14N2O3S/c21-18(12-17-8-3-9-24-17)19-15-6-1-4-13(10-15)14-5-2-7-16(11-14)20(22)23/h1-11H,12H2,(H,19,21). The molecule has 120 valence electrons. The highest BCUT2D eigenvalue weighted by Gasteiger charge is 2.09. The molecule has 2 aromatic carbocycles. The minimum Gasteiger partial charge on any atom is -0.326 e. The first kappa shape index (κ1) is 15.9. The number of hydrogen-bond acceptors (Lipinski definition) is 4. The van der Waals surface area contributed by atoms with Gasteiger partial charge in [0.15, 0.2) is 0 Å². The SMILES string of the molecule is O=C(Cc1cccs1)Nc1cccc(-c2cccc([N+](=O)[O-])c2)c1. The van der Waals surface area contributed by atoms with Crippen LogP contribution in [0.3, 0.4) is 0 Å². The Labute approximate surface area is 142 Å². The van der Waals surface area contributed by atoms with E-state index in [0.717, 1.165) is 16.0 Å². The number of nitro groups is 1. The van der Waals surface area contributed by atoms with Gasteiger partial charge in [-0.05, 0) is 34.7 Å². The molecule has 0 aliphatic carbocycles. The third-order valence-corrected chi connectivity index (χ3v) is 4.33.